The van der Waals surface area contributed by atoms with Gasteiger partial charge in [-0.1, -0.05) is 0 Å². The average Bonchev–Trinajstić information content (AvgIpc) is 2.88. The first-order valence-electron chi connectivity index (χ1n) is 5.33. The number of rotatable bonds is 2. The predicted molar refractivity (Wildman–Crippen MR) is 67.0 cm³/mol. The van der Waals surface area contributed by atoms with E-state index in [0.717, 1.165) is 16.5 Å². The van der Waals surface area contributed by atoms with Crippen LogP contribution in [0.5, 0.6) is 0 Å². The Labute approximate surface area is 102 Å². The summed E-state index contributed by atoms with van der Waals surface area (Å²) in [6.07, 6.45) is 2.09. The van der Waals surface area contributed by atoms with Gasteiger partial charge in [0.1, 0.15) is 17.9 Å². The molecule has 0 fully saturated rings. The van der Waals surface area contributed by atoms with Crippen molar-refractivity contribution in [3.63, 3.8) is 0 Å². The molecule has 3 rings (SSSR count). The van der Waals surface area contributed by atoms with E-state index in [2.05, 4.69) is 9.97 Å². The maximum atomic E-state index is 10.6. The Bertz CT molecular complexity index is 734. The highest BCUT2D eigenvalue weighted by Gasteiger charge is 2.07. The summed E-state index contributed by atoms with van der Waals surface area (Å²) in [5, 5.41) is 0.763. The van der Waals surface area contributed by atoms with Crippen molar-refractivity contribution in [3.8, 4) is 11.3 Å². The highest BCUT2D eigenvalue weighted by atomic mass is 16.3. The van der Waals surface area contributed by atoms with Gasteiger partial charge in [-0.25, -0.2) is 9.97 Å². The number of hydrogen-bond donors (Lipinski definition) is 1. The first-order chi connectivity index (χ1) is 8.78. The van der Waals surface area contributed by atoms with Crippen molar-refractivity contribution < 1.29 is 9.21 Å². The van der Waals surface area contributed by atoms with Crippen LogP contribution >= 0.6 is 0 Å². The fourth-order valence-electron chi connectivity index (χ4n) is 1.80. The SMILES string of the molecule is Nc1ncnc2ccc(-c3ccc(C=O)o3)cc12. The molecule has 5 nitrogen and oxygen atoms in total. The van der Waals surface area contributed by atoms with Crippen molar-refractivity contribution in [2.24, 2.45) is 0 Å². The van der Waals surface area contributed by atoms with E-state index >= 15 is 0 Å². The molecule has 0 saturated carbocycles. The first-order valence-corrected chi connectivity index (χ1v) is 5.33. The van der Waals surface area contributed by atoms with Gasteiger partial charge in [-0.15, -0.1) is 0 Å². The molecule has 0 atom stereocenters. The van der Waals surface area contributed by atoms with Gasteiger partial charge in [0.2, 0.25) is 0 Å². The molecule has 0 unspecified atom stereocenters. The number of nitrogens with two attached hydrogens (primary N) is 1. The molecule has 1 aromatic carbocycles. The fraction of sp³-hybridized carbons (Fsp3) is 0. The zero-order valence-corrected chi connectivity index (χ0v) is 9.33. The van der Waals surface area contributed by atoms with Crippen LogP contribution in [0.1, 0.15) is 10.6 Å². The van der Waals surface area contributed by atoms with E-state index in [1.165, 1.54) is 6.33 Å². The minimum Gasteiger partial charge on any atom is -0.453 e. The Morgan fingerprint density at radius 3 is 2.83 bits per heavy atom. The van der Waals surface area contributed by atoms with E-state index in [1.807, 2.05) is 18.2 Å². The molecular formula is C13H9N3O2. The molecule has 0 aliphatic rings. The summed E-state index contributed by atoms with van der Waals surface area (Å²) in [5.74, 6) is 1.33. The van der Waals surface area contributed by atoms with Crippen molar-refractivity contribution in [2.75, 3.05) is 5.73 Å². The van der Waals surface area contributed by atoms with Crippen LogP contribution in [-0.2, 0) is 0 Å². The van der Waals surface area contributed by atoms with E-state index < -0.39 is 0 Å². The Kier molecular flexibility index (Phi) is 2.30. The number of hydrogen-bond acceptors (Lipinski definition) is 5. The summed E-state index contributed by atoms with van der Waals surface area (Å²) in [4.78, 5) is 18.6. The summed E-state index contributed by atoms with van der Waals surface area (Å²) >= 11 is 0. The van der Waals surface area contributed by atoms with Crippen molar-refractivity contribution in [3.05, 3.63) is 42.4 Å². The molecule has 3 aromatic rings. The summed E-state index contributed by atoms with van der Waals surface area (Å²) in [6, 6.07) is 8.91. The van der Waals surface area contributed by atoms with Crippen molar-refractivity contribution in [1.82, 2.24) is 9.97 Å². The molecule has 2 N–H and O–H groups in total. The maximum Gasteiger partial charge on any atom is 0.185 e. The topological polar surface area (TPSA) is 82.0 Å². The number of anilines is 1. The second-order valence-corrected chi connectivity index (χ2v) is 3.81. The van der Waals surface area contributed by atoms with Gasteiger partial charge in [0.25, 0.3) is 0 Å². The van der Waals surface area contributed by atoms with Crippen LogP contribution in [-0.4, -0.2) is 16.3 Å². The molecule has 5 heteroatoms. The predicted octanol–water partition coefficient (Wildman–Crippen LogP) is 2.28. The van der Waals surface area contributed by atoms with E-state index in [-0.39, 0.29) is 0 Å². The zero-order chi connectivity index (χ0) is 12.5. The first kappa shape index (κ1) is 10.5. The van der Waals surface area contributed by atoms with Gasteiger partial charge >= 0.3 is 0 Å². The molecule has 2 aromatic heterocycles. The van der Waals surface area contributed by atoms with Gasteiger partial charge in [0.05, 0.1) is 5.52 Å². The lowest BCUT2D eigenvalue weighted by Crippen LogP contribution is -1.93. The third-order valence-corrected chi connectivity index (χ3v) is 2.69. The molecule has 18 heavy (non-hydrogen) atoms. The van der Waals surface area contributed by atoms with E-state index in [4.69, 9.17) is 10.2 Å². The van der Waals surface area contributed by atoms with Crippen molar-refractivity contribution in [1.29, 1.82) is 0 Å². The smallest absolute Gasteiger partial charge is 0.185 e. The largest absolute Gasteiger partial charge is 0.453 e. The van der Waals surface area contributed by atoms with Crippen LogP contribution in [0.15, 0.2) is 41.1 Å². The van der Waals surface area contributed by atoms with Gasteiger partial charge in [0.15, 0.2) is 12.0 Å². The summed E-state index contributed by atoms with van der Waals surface area (Å²) in [5.41, 5.74) is 7.40. The quantitative estimate of drug-likeness (QED) is 0.694. The van der Waals surface area contributed by atoms with Crippen LogP contribution in [0.2, 0.25) is 0 Å². The number of furan rings is 1. The zero-order valence-electron chi connectivity index (χ0n) is 9.33. The third-order valence-electron chi connectivity index (χ3n) is 2.69. The van der Waals surface area contributed by atoms with Crippen LogP contribution in [0.25, 0.3) is 22.2 Å². The number of aldehydes is 1. The Hall–Kier alpha value is -2.69. The second kappa shape index (κ2) is 3.96. The van der Waals surface area contributed by atoms with Crippen LogP contribution in [0.3, 0.4) is 0 Å². The molecule has 0 radical (unpaired) electrons. The second-order valence-electron chi connectivity index (χ2n) is 3.81. The number of nitrogen functional groups attached to an aromatic ring is 1. The molecule has 2 heterocycles. The monoisotopic (exact) mass is 239 g/mol. The molecular weight excluding hydrogens is 230 g/mol. The number of nitrogens with zero attached hydrogens (tertiary/aromatic N) is 2. The standard InChI is InChI=1S/C13H9N3O2/c14-13-10-5-8(1-3-11(10)15-7-16-13)12-4-2-9(6-17)18-12/h1-7H,(H2,14,15,16). The average molecular weight is 239 g/mol. The molecule has 88 valence electrons. The van der Waals surface area contributed by atoms with Crippen LogP contribution < -0.4 is 5.73 Å². The Balaban J connectivity index is 2.18. The van der Waals surface area contributed by atoms with Gasteiger partial charge in [-0.2, -0.15) is 0 Å². The molecule has 0 amide bonds. The van der Waals surface area contributed by atoms with Crippen LogP contribution in [0.4, 0.5) is 5.82 Å². The lowest BCUT2D eigenvalue weighted by Gasteiger charge is -2.02. The minimum absolute atomic E-state index is 0.294. The number of fused-ring (bicyclic) bond motifs is 1. The molecule has 0 aliphatic heterocycles. The van der Waals surface area contributed by atoms with E-state index in [0.29, 0.717) is 23.6 Å². The summed E-state index contributed by atoms with van der Waals surface area (Å²) in [6.45, 7) is 0. The fourth-order valence-corrected chi connectivity index (χ4v) is 1.80. The minimum atomic E-state index is 0.294. The van der Waals surface area contributed by atoms with Crippen LogP contribution in [0, 0.1) is 0 Å². The Morgan fingerprint density at radius 2 is 2.06 bits per heavy atom. The van der Waals surface area contributed by atoms with Crippen molar-refractivity contribution >= 4 is 23.0 Å². The van der Waals surface area contributed by atoms with Gasteiger partial charge in [-0.05, 0) is 30.3 Å². The third kappa shape index (κ3) is 1.62. The number of carbonyl (C=O) groups is 1. The molecule has 0 bridgehead atoms. The molecule has 0 saturated heterocycles. The number of carbonyl (C=O) groups excluding carboxylic acids is 1. The van der Waals surface area contributed by atoms with Gasteiger partial charge in [0, 0.05) is 10.9 Å². The number of benzene rings is 1. The van der Waals surface area contributed by atoms with Crippen molar-refractivity contribution in [2.45, 2.75) is 0 Å². The van der Waals surface area contributed by atoms with Gasteiger partial charge < -0.3 is 10.2 Å². The normalized spacial score (nSPS) is 10.7. The summed E-state index contributed by atoms with van der Waals surface area (Å²) in [7, 11) is 0. The lowest BCUT2D eigenvalue weighted by molar-refractivity contribution is 0.110. The highest BCUT2D eigenvalue weighted by molar-refractivity contribution is 5.91. The summed E-state index contributed by atoms with van der Waals surface area (Å²) < 4.78 is 5.36. The van der Waals surface area contributed by atoms with Gasteiger partial charge in [-0.3, -0.25) is 4.79 Å². The number of aromatic nitrogens is 2. The van der Waals surface area contributed by atoms with E-state index in [9.17, 15) is 4.79 Å². The molecule has 0 spiro atoms. The lowest BCUT2D eigenvalue weighted by atomic mass is 10.1. The molecule has 0 aliphatic carbocycles. The highest BCUT2D eigenvalue weighted by Crippen LogP contribution is 2.26. The Morgan fingerprint density at radius 1 is 1.17 bits per heavy atom. The van der Waals surface area contributed by atoms with E-state index in [1.54, 1.807) is 12.1 Å². The maximum absolute atomic E-state index is 10.6.